The van der Waals surface area contributed by atoms with Gasteiger partial charge >= 0.3 is 0 Å². The highest BCUT2D eigenvalue weighted by atomic mass is 32.2. The van der Waals surface area contributed by atoms with E-state index in [4.69, 9.17) is 4.98 Å². The van der Waals surface area contributed by atoms with Crippen molar-refractivity contribution >= 4 is 22.7 Å². The van der Waals surface area contributed by atoms with Crippen LogP contribution in [0.3, 0.4) is 0 Å². The number of aromatic nitrogens is 1. The van der Waals surface area contributed by atoms with Crippen LogP contribution in [0, 0.1) is 0 Å². The number of nitrogens with zero attached hydrogens (tertiary/aromatic N) is 1. The number of rotatable bonds is 4. The van der Waals surface area contributed by atoms with Gasteiger partial charge in [-0.15, -0.1) is 0 Å². The molecule has 0 amide bonds. The summed E-state index contributed by atoms with van der Waals surface area (Å²) >= 11 is 1.80. The Hall–Kier alpha value is -3.36. The summed E-state index contributed by atoms with van der Waals surface area (Å²) in [6, 6.07) is 38.6. The minimum atomic E-state index is 0.0625. The third-order valence-electron chi connectivity index (χ3n) is 5.88. The van der Waals surface area contributed by atoms with E-state index in [0.29, 0.717) is 0 Å². The first-order valence-electron chi connectivity index (χ1n) is 11.3. The van der Waals surface area contributed by atoms with Gasteiger partial charge in [-0.05, 0) is 40.8 Å². The van der Waals surface area contributed by atoms with Crippen LogP contribution in [0.15, 0.2) is 119 Å². The first-order chi connectivity index (χ1) is 16.0. The van der Waals surface area contributed by atoms with Gasteiger partial charge in [0.2, 0.25) is 0 Å². The minimum Gasteiger partial charge on any atom is -0.247 e. The molecule has 5 aromatic rings. The van der Waals surface area contributed by atoms with Crippen LogP contribution in [0.1, 0.15) is 26.3 Å². The molecule has 0 fully saturated rings. The number of hydrogen-bond acceptors (Lipinski definition) is 2. The molecule has 0 aliphatic carbocycles. The van der Waals surface area contributed by atoms with E-state index in [9.17, 15) is 0 Å². The van der Waals surface area contributed by atoms with Crippen LogP contribution in [-0.4, -0.2) is 4.98 Å². The van der Waals surface area contributed by atoms with Gasteiger partial charge in [-0.3, -0.25) is 0 Å². The molecule has 2 heteroatoms. The Labute approximate surface area is 200 Å². The summed E-state index contributed by atoms with van der Waals surface area (Å²) in [5, 5.41) is 1.20. The molecule has 0 saturated carbocycles. The van der Waals surface area contributed by atoms with E-state index in [0.717, 1.165) is 16.8 Å². The molecule has 4 aromatic carbocycles. The molecule has 0 aliphatic heterocycles. The zero-order valence-electron chi connectivity index (χ0n) is 19.2. The van der Waals surface area contributed by atoms with E-state index in [1.165, 1.54) is 31.9 Å². The molecule has 33 heavy (non-hydrogen) atoms. The highest BCUT2D eigenvalue weighted by molar-refractivity contribution is 7.99. The average Bonchev–Trinajstić information content (AvgIpc) is 2.84. The second-order valence-electron chi connectivity index (χ2n) is 9.29. The maximum atomic E-state index is 5.23. The summed E-state index contributed by atoms with van der Waals surface area (Å²) in [4.78, 5) is 7.63. The van der Waals surface area contributed by atoms with Crippen molar-refractivity contribution in [2.24, 2.45) is 0 Å². The molecule has 5 rings (SSSR count). The van der Waals surface area contributed by atoms with Gasteiger partial charge in [0.25, 0.3) is 0 Å². The van der Waals surface area contributed by atoms with E-state index in [1.54, 1.807) is 11.8 Å². The predicted octanol–water partition coefficient (Wildman–Crippen LogP) is 9.02. The molecule has 1 nitrogen and oxygen atoms in total. The fraction of sp³-hybridized carbons (Fsp3) is 0.129. The van der Waals surface area contributed by atoms with Crippen LogP contribution in [-0.2, 0) is 5.41 Å². The maximum Gasteiger partial charge on any atom is 0.0855 e. The lowest BCUT2D eigenvalue weighted by Gasteiger charge is -2.22. The molecule has 0 saturated heterocycles. The average molecular weight is 446 g/mol. The molecule has 162 valence electrons. The topological polar surface area (TPSA) is 12.9 Å². The molecule has 0 aliphatic rings. The summed E-state index contributed by atoms with van der Waals surface area (Å²) in [5.41, 5.74) is 7.03. The summed E-state index contributed by atoms with van der Waals surface area (Å²) in [5.74, 6) is 0. The molecule has 1 heterocycles. The van der Waals surface area contributed by atoms with E-state index in [1.807, 2.05) is 0 Å². The monoisotopic (exact) mass is 445 g/mol. The van der Waals surface area contributed by atoms with Gasteiger partial charge in [0, 0.05) is 26.3 Å². The molecular formula is C31H27NS. The number of hydrogen-bond donors (Lipinski definition) is 0. The van der Waals surface area contributed by atoms with Crippen molar-refractivity contribution in [3.8, 4) is 22.4 Å². The van der Waals surface area contributed by atoms with Gasteiger partial charge in [0.1, 0.15) is 0 Å². The molecule has 0 atom stereocenters. The third kappa shape index (κ3) is 4.44. The lowest BCUT2D eigenvalue weighted by atomic mass is 9.85. The fourth-order valence-electron chi connectivity index (χ4n) is 4.10. The third-order valence-corrected chi connectivity index (χ3v) is 6.99. The van der Waals surface area contributed by atoms with Gasteiger partial charge in [0.15, 0.2) is 0 Å². The lowest BCUT2D eigenvalue weighted by molar-refractivity contribution is 0.591. The van der Waals surface area contributed by atoms with Gasteiger partial charge < -0.3 is 0 Å². The fourth-order valence-corrected chi connectivity index (χ4v) is 5.22. The van der Waals surface area contributed by atoms with Crippen LogP contribution in [0.2, 0.25) is 0 Å². The van der Waals surface area contributed by atoms with Crippen molar-refractivity contribution in [3.05, 3.63) is 115 Å². The highest BCUT2D eigenvalue weighted by Crippen LogP contribution is 2.45. The van der Waals surface area contributed by atoms with Crippen LogP contribution in [0.4, 0.5) is 0 Å². The predicted molar refractivity (Wildman–Crippen MR) is 142 cm³/mol. The van der Waals surface area contributed by atoms with Crippen LogP contribution in [0.25, 0.3) is 33.3 Å². The Morgan fingerprint density at radius 2 is 1.21 bits per heavy atom. The molecule has 0 N–H and O–H groups in total. The Morgan fingerprint density at radius 1 is 0.636 bits per heavy atom. The minimum absolute atomic E-state index is 0.0625. The van der Waals surface area contributed by atoms with Crippen LogP contribution < -0.4 is 0 Å². The summed E-state index contributed by atoms with van der Waals surface area (Å²) < 4.78 is 0. The van der Waals surface area contributed by atoms with Crippen molar-refractivity contribution in [2.45, 2.75) is 36.0 Å². The normalized spacial score (nSPS) is 11.6. The van der Waals surface area contributed by atoms with Gasteiger partial charge in [0.05, 0.1) is 11.2 Å². The van der Waals surface area contributed by atoms with Gasteiger partial charge in [-0.1, -0.05) is 117 Å². The first-order valence-corrected chi connectivity index (χ1v) is 12.1. The Kier molecular flexibility index (Phi) is 5.78. The maximum absolute atomic E-state index is 5.23. The van der Waals surface area contributed by atoms with E-state index < -0.39 is 0 Å². The van der Waals surface area contributed by atoms with E-state index in [2.05, 4.69) is 130 Å². The second kappa shape index (κ2) is 8.88. The summed E-state index contributed by atoms with van der Waals surface area (Å²) in [6.07, 6.45) is 0. The van der Waals surface area contributed by atoms with Crippen molar-refractivity contribution in [1.82, 2.24) is 4.98 Å². The van der Waals surface area contributed by atoms with Crippen molar-refractivity contribution in [1.29, 1.82) is 0 Å². The Morgan fingerprint density at radius 3 is 1.82 bits per heavy atom. The molecule has 0 radical (unpaired) electrons. The zero-order chi connectivity index (χ0) is 22.8. The molecular weight excluding hydrogens is 418 g/mol. The lowest BCUT2D eigenvalue weighted by Crippen LogP contribution is -2.11. The summed E-state index contributed by atoms with van der Waals surface area (Å²) in [6.45, 7) is 6.80. The molecule has 1 aromatic heterocycles. The Balaban J connectivity index is 1.89. The second-order valence-corrected chi connectivity index (χ2v) is 10.4. The summed E-state index contributed by atoms with van der Waals surface area (Å²) in [7, 11) is 0. The van der Waals surface area contributed by atoms with Crippen molar-refractivity contribution in [3.63, 3.8) is 0 Å². The van der Waals surface area contributed by atoms with E-state index in [-0.39, 0.29) is 5.41 Å². The van der Waals surface area contributed by atoms with E-state index >= 15 is 0 Å². The number of fused-ring (bicyclic) bond motifs is 1. The number of pyridine rings is 1. The first kappa shape index (κ1) is 21.5. The SMILES string of the molecule is CC(C)(C)c1ccc2nc(-c3ccccc3)c(Sc3ccccc3)c(-c3ccccc3)c2c1. The molecule has 0 spiro atoms. The zero-order valence-corrected chi connectivity index (χ0v) is 20.1. The van der Waals surface area contributed by atoms with Crippen molar-refractivity contribution < 1.29 is 0 Å². The Bertz CT molecular complexity index is 1390. The highest BCUT2D eigenvalue weighted by Gasteiger charge is 2.21. The smallest absolute Gasteiger partial charge is 0.0855 e. The van der Waals surface area contributed by atoms with Crippen LogP contribution >= 0.6 is 11.8 Å². The molecule has 0 bridgehead atoms. The van der Waals surface area contributed by atoms with Crippen molar-refractivity contribution in [2.75, 3.05) is 0 Å². The van der Waals surface area contributed by atoms with Gasteiger partial charge in [-0.25, -0.2) is 4.98 Å². The molecule has 0 unspecified atom stereocenters. The largest absolute Gasteiger partial charge is 0.247 e. The van der Waals surface area contributed by atoms with Crippen LogP contribution in [0.5, 0.6) is 0 Å². The standard InChI is InChI=1S/C31H27NS/c1-31(2,3)24-19-20-27-26(21-24)28(22-13-7-4-8-14-22)30(33-25-17-11-6-12-18-25)29(32-27)23-15-9-5-10-16-23/h4-21H,1-3H3. The van der Waals surface area contributed by atoms with Gasteiger partial charge in [-0.2, -0.15) is 0 Å². The number of benzene rings is 4. The quantitative estimate of drug-likeness (QED) is 0.274.